The minimum Gasteiger partial charge on any atom is -0.356 e. The smallest absolute Gasteiger partial charge is 0.0537 e. The van der Waals surface area contributed by atoms with Gasteiger partial charge in [-0.3, -0.25) is 0 Å². The maximum absolute atomic E-state index is 3.36. The normalized spacial score (nSPS) is 10.1. The molecule has 0 saturated heterocycles. The van der Waals surface area contributed by atoms with Crippen LogP contribution in [0.1, 0.15) is 65.2 Å². The van der Waals surface area contributed by atoms with E-state index in [1.165, 1.54) is 55.3 Å². The zero-order chi connectivity index (χ0) is 41.1. The second kappa shape index (κ2) is 26.6. The Bertz CT molecular complexity index is 2150. The fourth-order valence-electron chi connectivity index (χ4n) is 5.98. The SMILES string of the molecule is C/C=C\C=C(/Cc1ccccc1-c1ccccc1C)n1c2ccccc2c2ccccc21.C=CC.C=CC.CC.CC.Cc1ccc(Nc2ccccc2)cc1. The quantitative estimate of drug-likeness (QED) is 0.127. The molecule has 6 aromatic carbocycles. The molecule has 0 spiro atoms. The van der Waals surface area contributed by atoms with E-state index in [0.29, 0.717) is 0 Å². The summed E-state index contributed by atoms with van der Waals surface area (Å²) in [4.78, 5) is 0. The van der Waals surface area contributed by atoms with Crippen LogP contribution in [0.3, 0.4) is 0 Å². The number of fused-ring (bicyclic) bond motifs is 3. The molecular weight excluding hydrogens is 677 g/mol. The molecule has 2 nitrogen and oxygen atoms in total. The number of para-hydroxylation sites is 3. The standard InChI is InChI=1S/C31H27N.C13H13N.2C3H6.2C2H6/c1-3-4-15-25(22-24-14-6-8-17-27(24)26-16-7-5-13-23(26)2)32-30-20-11-9-18-28(30)29-19-10-12-21-31(29)32;1-11-7-9-13(10-8-11)14-12-5-3-2-4-6-12;2*1-3-2;2*1-2/h3-21H,22H2,1-2H3;2-10,14H,1H3;2*3H,1H2,2H3;2*1-2H3/b4-3-,25-15+;;;;;. The molecule has 0 saturated carbocycles. The third-order valence-corrected chi connectivity index (χ3v) is 8.29. The number of hydrogen-bond acceptors (Lipinski definition) is 1. The fourth-order valence-corrected chi connectivity index (χ4v) is 5.98. The lowest BCUT2D eigenvalue weighted by molar-refractivity contribution is 1.11. The molecule has 0 unspecified atom stereocenters. The van der Waals surface area contributed by atoms with Crippen molar-refractivity contribution in [2.75, 3.05) is 5.32 Å². The average molecular weight is 741 g/mol. The van der Waals surface area contributed by atoms with E-state index in [2.05, 4.69) is 196 Å². The Morgan fingerprint density at radius 2 is 0.982 bits per heavy atom. The lowest BCUT2D eigenvalue weighted by Gasteiger charge is -2.16. The molecule has 56 heavy (non-hydrogen) atoms. The molecule has 1 heterocycles. The van der Waals surface area contributed by atoms with E-state index in [1.807, 2.05) is 59.7 Å². The van der Waals surface area contributed by atoms with Crippen LogP contribution >= 0.6 is 0 Å². The van der Waals surface area contributed by atoms with Gasteiger partial charge in [0, 0.05) is 34.3 Å². The molecule has 0 aliphatic carbocycles. The molecule has 0 atom stereocenters. The molecule has 290 valence electrons. The Hall–Kier alpha value is -6.12. The van der Waals surface area contributed by atoms with Crippen molar-refractivity contribution in [1.29, 1.82) is 0 Å². The topological polar surface area (TPSA) is 17.0 Å². The molecule has 7 aromatic rings. The minimum atomic E-state index is 0.845. The van der Waals surface area contributed by atoms with E-state index < -0.39 is 0 Å². The fraction of sp³-hybridized carbons (Fsp3) is 0.185. The first kappa shape index (κ1) is 46.0. The lowest BCUT2D eigenvalue weighted by atomic mass is 9.93. The van der Waals surface area contributed by atoms with E-state index in [9.17, 15) is 0 Å². The predicted octanol–water partition coefficient (Wildman–Crippen LogP) is 16.6. The molecule has 0 fully saturated rings. The summed E-state index contributed by atoms with van der Waals surface area (Å²) >= 11 is 0. The molecule has 0 aliphatic heterocycles. The van der Waals surface area contributed by atoms with Crippen LogP contribution < -0.4 is 5.32 Å². The van der Waals surface area contributed by atoms with Crippen LogP contribution in [0.15, 0.2) is 195 Å². The summed E-state index contributed by atoms with van der Waals surface area (Å²) in [6.45, 7) is 24.9. The van der Waals surface area contributed by atoms with Gasteiger partial charge < -0.3 is 9.88 Å². The van der Waals surface area contributed by atoms with Gasteiger partial charge in [-0.2, -0.15) is 0 Å². The maximum Gasteiger partial charge on any atom is 0.0537 e. The molecule has 1 aromatic heterocycles. The number of aromatic nitrogens is 1. The molecule has 0 bridgehead atoms. The largest absolute Gasteiger partial charge is 0.356 e. The zero-order valence-electron chi connectivity index (χ0n) is 35.4. The number of nitrogens with one attached hydrogen (secondary N) is 1. The lowest BCUT2D eigenvalue weighted by Crippen LogP contribution is -2.02. The van der Waals surface area contributed by atoms with E-state index in [0.717, 1.165) is 17.8 Å². The second-order valence-corrected chi connectivity index (χ2v) is 12.4. The summed E-state index contributed by atoms with van der Waals surface area (Å²) in [7, 11) is 0. The van der Waals surface area contributed by atoms with Crippen molar-refractivity contribution in [2.45, 2.75) is 68.7 Å². The van der Waals surface area contributed by atoms with Crippen molar-refractivity contribution >= 4 is 38.9 Å². The van der Waals surface area contributed by atoms with Crippen molar-refractivity contribution in [2.24, 2.45) is 0 Å². The Morgan fingerprint density at radius 3 is 1.52 bits per heavy atom. The zero-order valence-corrected chi connectivity index (χ0v) is 35.4. The van der Waals surface area contributed by atoms with E-state index in [4.69, 9.17) is 0 Å². The van der Waals surface area contributed by atoms with Crippen LogP contribution in [0, 0.1) is 13.8 Å². The van der Waals surface area contributed by atoms with Gasteiger partial charge in [0.2, 0.25) is 0 Å². The number of benzene rings is 6. The number of anilines is 2. The Labute approximate surface area is 339 Å². The number of hydrogen-bond donors (Lipinski definition) is 1. The van der Waals surface area contributed by atoms with E-state index >= 15 is 0 Å². The van der Waals surface area contributed by atoms with E-state index in [1.54, 1.807) is 12.2 Å². The van der Waals surface area contributed by atoms with Gasteiger partial charge in [0.25, 0.3) is 0 Å². The molecule has 7 rings (SSSR count). The Morgan fingerprint density at radius 1 is 0.536 bits per heavy atom. The van der Waals surface area contributed by atoms with Crippen LogP contribution in [0.25, 0.3) is 38.6 Å². The summed E-state index contributed by atoms with van der Waals surface area (Å²) in [5, 5.41) is 5.92. The summed E-state index contributed by atoms with van der Waals surface area (Å²) in [5.41, 5.74) is 12.5. The van der Waals surface area contributed by atoms with Gasteiger partial charge in [-0.25, -0.2) is 0 Å². The molecule has 0 aliphatic rings. The minimum absolute atomic E-state index is 0.845. The van der Waals surface area contributed by atoms with Crippen molar-refractivity contribution in [3.05, 3.63) is 212 Å². The molecular formula is C54H64N2. The van der Waals surface area contributed by atoms with Crippen molar-refractivity contribution in [3.63, 3.8) is 0 Å². The Kier molecular flexibility index (Phi) is 21.9. The van der Waals surface area contributed by atoms with Gasteiger partial charge in [0.15, 0.2) is 0 Å². The molecule has 0 amide bonds. The summed E-state index contributed by atoms with van der Waals surface area (Å²) in [6, 6.07) is 53.4. The molecule has 1 N–H and O–H groups in total. The van der Waals surface area contributed by atoms with Gasteiger partial charge in [0.05, 0.1) is 11.0 Å². The van der Waals surface area contributed by atoms with Gasteiger partial charge in [-0.1, -0.05) is 173 Å². The van der Waals surface area contributed by atoms with Gasteiger partial charge in [-0.05, 0) is 99.3 Å². The Balaban J connectivity index is 0.000000374. The maximum atomic E-state index is 3.36. The summed E-state index contributed by atoms with van der Waals surface area (Å²) in [5.74, 6) is 0. The monoisotopic (exact) mass is 741 g/mol. The number of allylic oxidation sites excluding steroid dienone is 6. The number of nitrogens with zero attached hydrogens (tertiary/aromatic N) is 1. The van der Waals surface area contributed by atoms with E-state index in [-0.39, 0.29) is 0 Å². The average Bonchev–Trinajstić information content (AvgIpc) is 3.58. The molecule has 0 radical (unpaired) electrons. The first-order chi connectivity index (χ1) is 27.4. The summed E-state index contributed by atoms with van der Waals surface area (Å²) < 4.78 is 2.43. The van der Waals surface area contributed by atoms with Crippen LogP contribution in [0.5, 0.6) is 0 Å². The second-order valence-electron chi connectivity index (χ2n) is 12.4. The first-order valence-corrected chi connectivity index (χ1v) is 19.9. The third-order valence-electron chi connectivity index (χ3n) is 8.29. The highest BCUT2D eigenvalue weighted by molar-refractivity contribution is 6.10. The highest BCUT2D eigenvalue weighted by Crippen LogP contribution is 2.35. The van der Waals surface area contributed by atoms with Crippen molar-refractivity contribution in [3.8, 4) is 11.1 Å². The highest BCUT2D eigenvalue weighted by atomic mass is 15.0. The van der Waals surface area contributed by atoms with Crippen molar-refractivity contribution in [1.82, 2.24) is 4.57 Å². The highest BCUT2D eigenvalue weighted by Gasteiger charge is 2.15. The van der Waals surface area contributed by atoms with Crippen LogP contribution in [0.4, 0.5) is 11.4 Å². The number of aryl methyl sites for hydroxylation is 2. The van der Waals surface area contributed by atoms with Gasteiger partial charge in [0.1, 0.15) is 0 Å². The molecule has 2 heteroatoms. The number of rotatable bonds is 7. The predicted molar refractivity (Wildman–Crippen MR) is 254 cm³/mol. The first-order valence-electron chi connectivity index (χ1n) is 19.9. The van der Waals surface area contributed by atoms with Crippen LogP contribution in [-0.4, -0.2) is 4.57 Å². The summed E-state index contributed by atoms with van der Waals surface area (Å²) in [6.07, 6.45) is 10.8. The van der Waals surface area contributed by atoms with Gasteiger partial charge >= 0.3 is 0 Å². The van der Waals surface area contributed by atoms with Gasteiger partial charge in [-0.15, -0.1) is 13.2 Å². The van der Waals surface area contributed by atoms with Crippen LogP contribution in [0.2, 0.25) is 0 Å². The van der Waals surface area contributed by atoms with Crippen LogP contribution in [-0.2, 0) is 6.42 Å². The third kappa shape index (κ3) is 13.6. The van der Waals surface area contributed by atoms with Crippen molar-refractivity contribution < 1.29 is 0 Å².